The Kier molecular flexibility index (Phi) is 6.30. The zero-order chi connectivity index (χ0) is 15.3. The molecule has 0 spiro atoms. The van der Waals surface area contributed by atoms with Crippen molar-refractivity contribution in [1.82, 2.24) is 10.2 Å². The van der Waals surface area contributed by atoms with Crippen LogP contribution < -0.4 is 11.1 Å². The molecule has 0 saturated carbocycles. The number of carbonyl (C=O) groups excluding carboxylic acids is 1. The third-order valence-electron chi connectivity index (χ3n) is 2.91. The monoisotopic (exact) mass is 297 g/mol. The molecule has 0 aliphatic heterocycles. The van der Waals surface area contributed by atoms with E-state index in [-0.39, 0.29) is 11.9 Å². The first-order valence-corrected chi connectivity index (χ1v) is 7.18. The number of nitrogens with one attached hydrogen (secondary N) is 1. The predicted octanol–water partition coefficient (Wildman–Crippen LogP) is 2.63. The number of benzene rings is 1. The highest BCUT2D eigenvalue weighted by Gasteiger charge is 2.17. The van der Waals surface area contributed by atoms with Crippen LogP contribution in [0.3, 0.4) is 0 Å². The molecule has 1 atom stereocenters. The van der Waals surface area contributed by atoms with Crippen molar-refractivity contribution >= 4 is 23.2 Å². The van der Waals surface area contributed by atoms with E-state index in [9.17, 15) is 4.79 Å². The minimum absolute atomic E-state index is 0.103. The van der Waals surface area contributed by atoms with Crippen LogP contribution in [0.25, 0.3) is 0 Å². The molecule has 1 aromatic carbocycles. The summed E-state index contributed by atoms with van der Waals surface area (Å²) in [4.78, 5) is 14.4. The number of halogens is 1. The van der Waals surface area contributed by atoms with Gasteiger partial charge in [-0.1, -0.05) is 25.4 Å². The van der Waals surface area contributed by atoms with Gasteiger partial charge in [0.2, 0.25) is 0 Å². The van der Waals surface area contributed by atoms with Crippen molar-refractivity contribution in [2.24, 2.45) is 5.92 Å². The van der Waals surface area contributed by atoms with Crippen molar-refractivity contribution in [2.45, 2.75) is 26.3 Å². The van der Waals surface area contributed by atoms with E-state index in [0.29, 0.717) is 22.2 Å². The number of anilines is 1. The van der Waals surface area contributed by atoms with Crippen molar-refractivity contribution < 1.29 is 4.79 Å². The molecule has 0 saturated heterocycles. The Balaban J connectivity index is 2.78. The number of likely N-dealkylation sites (N-methyl/N-ethyl adjacent to an activating group) is 1. The largest absolute Gasteiger partial charge is 0.399 e. The van der Waals surface area contributed by atoms with Gasteiger partial charge in [0.25, 0.3) is 5.91 Å². The highest BCUT2D eigenvalue weighted by Crippen LogP contribution is 2.19. The first-order chi connectivity index (χ1) is 9.29. The summed E-state index contributed by atoms with van der Waals surface area (Å²) in [5, 5.41) is 3.44. The fourth-order valence-electron chi connectivity index (χ4n) is 2.17. The number of hydrogen-bond donors (Lipinski definition) is 2. The number of nitrogen functional groups attached to an aromatic ring is 1. The number of hydrogen-bond acceptors (Lipinski definition) is 3. The van der Waals surface area contributed by atoms with Crippen LogP contribution in [0.15, 0.2) is 18.2 Å². The molecular formula is C15H24ClN3O. The molecule has 20 heavy (non-hydrogen) atoms. The summed E-state index contributed by atoms with van der Waals surface area (Å²) >= 11 is 6.07. The number of rotatable bonds is 6. The number of amides is 1. The van der Waals surface area contributed by atoms with Gasteiger partial charge in [0.1, 0.15) is 0 Å². The second kappa shape index (κ2) is 7.50. The molecule has 1 amide bonds. The zero-order valence-corrected chi connectivity index (χ0v) is 13.4. The average molecular weight is 298 g/mol. The van der Waals surface area contributed by atoms with Crippen molar-refractivity contribution in [3.8, 4) is 0 Å². The molecule has 1 aromatic rings. The third-order valence-corrected chi connectivity index (χ3v) is 3.23. The molecule has 0 aromatic heterocycles. The van der Waals surface area contributed by atoms with Crippen molar-refractivity contribution in [3.05, 3.63) is 28.8 Å². The zero-order valence-electron chi connectivity index (χ0n) is 12.6. The Morgan fingerprint density at radius 2 is 2.05 bits per heavy atom. The fourth-order valence-corrected chi connectivity index (χ4v) is 2.44. The summed E-state index contributed by atoms with van der Waals surface area (Å²) in [6.07, 6.45) is 0.927. The van der Waals surface area contributed by atoms with Gasteiger partial charge in [0.15, 0.2) is 0 Å². The SMILES string of the molecule is CC(C)CC(CN(C)C)NC(=O)c1ccc(N)cc1Cl. The minimum atomic E-state index is -0.150. The summed E-state index contributed by atoms with van der Waals surface area (Å²) in [6, 6.07) is 5.05. The topological polar surface area (TPSA) is 58.4 Å². The van der Waals surface area contributed by atoms with E-state index in [0.717, 1.165) is 13.0 Å². The van der Waals surface area contributed by atoms with Crippen LogP contribution in [-0.4, -0.2) is 37.5 Å². The van der Waals surface area contributed by atoms with E-state index < -0.39 is 0 Å². The minimum Gasteiger partial charge on any atom is -0.399 e. The van der Waals surface area contributed by atoms with Gasteiger partial charge in [-0.05, 0) is 44.6 Å². The summed E-state index contributed by atoms with van der Waals surface area (Å²) in [5.74, 6) is 0.365. The summed E-state index contributed by atoms with van der Waals surface area (Å²) in [6.45, 7) is 5.09. The fraction of sp³-hybridized carbons (Fsp3) is 0.533. The van der Waals surface area contributed by atoms with Gasteiger partial charge in [0.05, 0.1) is 10.6 Å². The van der Waals surface area contributed by atoms with Crippen LogP contribution >= 0.6 is 11.6 Å². The van der Waals surface area contributed by atoms with E-state index >= 15 is 0 Å². The highest BCUT2D eigenvalue weighted by atomic mass is 35.5. The first kappa shape index (κ1) is 16.8. The average Bonchev–Trinajstić information content (AvgIpc) is 2.26. The van der Waals surface area contributed by atoms with E-state index in [1.54, 1.807) is 18.2 Å². The van der Waals surface area contributed by atoms with Gasteiger partial charge >= 0.3 is 0 Å². The quantitative estimate of drug-likeness (QED) is 0.794. The van der Waals surface area contributed by atoms with Gasteiger partial charge in [-0.15, -0.1) is 0 Å². The Bertz CT molecular complexity index is 450. The maximum absolute atomic E-state index is 12.3. The van der Waals surface area contributed by atoms with Gasteiger partial charge in [-0.2, -0.15) is 0 Å². The van der Waals surface area contributed by atoms with Gasteiger partial charge in [-0.25, -0.2) is 0 Å². The van der Waals surface area contributed by atoms with E-state index in [1.165, 1.54) is 0 Å². The maximum atomic E-state index is 12.3. The molecule has 0 radical (unpaired) electrons. The van der Waals surface area contributed by atoms with Crippen LogP contribution in [-0.2, 0) is 0 Å². The molecule has 0 aliphatic carbocycles. The van der Waals surface area contributed by atoms with Crippen LogP contribution in [0.1, 0.15) is 30.6 Å². The summed E-state index contributed by atoms with van der Waals surface area (Å²) in [5.41, 5.74) is 6.66. The normalized spacial score (nSPS) is 12.8. The Labute approximate surface area is 126 Å². The number of carbonyl (C=O) groups is 1. The molecular weight excluding hydrogens is 274 g/mol. The summed E-state index contributed by atoms with van der Waals surface area (Å²) < 4.78 is 0. The van der Waals surface area contributed by atoms with Gasteiger partial charge in [-0.3, -0.25) is 4.79 Å². The lowest BCUT2D eigenvalue weighted by atomic mass is 10.0. The van der Waals surface area contributed by atoms with Crippen molar-refractivity contribution in [3.63, 3.8) is 0 Å². The molecule has 0 bridgehead atoms. The maximum Gasteiger partial charge on any atom is 0.253 e. The van der Waals surface area contributed by atoms with Crippen molar-refractivity contribution in [1.29, 1.82) is 0 Å². The molecule has 1 unspecified atom stereocenters. The van der Waals surface area contributed by atoms with E-state index in [2.05, 4.69) is 24.1 Å². The second-order valence-electron chi connectivity index (χ2n) is 5.80. The molecule has 5 heteroatoms. The lowest BCUT2D eigenvalue weighted by molar-refractivity contribution is 0.0925. The standard InChI is InChI=1S/C15H24ClN3O/c1-10(2)7-12(9-19(3)4)18-15(20)13-6-5-11(17)8-14(13)16/h5-6,8,10,12H,7,9,17H2,1-4H3,(H,18,20). The Morgan fingerprint density at radius 3 is 2.55 bits per heavy atom. The number of nitrogens with zero attached hydrogens (tertiary/aromatic N) is 1. The molecule has 4 nitrogen and oxygen atoms in total. The van der Waals surface area contributed by atoms with Crippen LogP contribution in [0.4, 0.5) is 5.69 Å². The van der Waals surface area contributed by atoms with Crippen molar-refractivity contribution in [2.75, 3.05) is 26.4 Å². The molecule has 3 N–H and O–H groups in total. The third kappa shape index (κ3) is 5.39. The molecule has 0 heterocycles. The highest BCUT2D eigenvalue weighted by molar-refractivity contribution is 6.34. The van der Waals surface area contributed by atoms with Gasteiger partial charge < -0.3 is 16.0 Å². The first-order valence-electron chi connectivity index (χ1n) is 6.80. The lowest BCUT2D eigenvalue weighted by Crippen LogP contribution is -2.42. The molecule has 112 valence electrons. The summed E-state index contributed by atoms with van der Waals surface area (Å²) in [7, 11) is 3.99. The second-order valence-corrected chi connectivity index (χ2v) is 6.21. The van der Waals surface area contributed by atoms with E-state index in [4.69, 9.17) is 17.3 Å². The Hall–Kier alpha value is -1.26. The van der Waals surface area contributed by atoms with Gasteiger partial charge in [0, 0.05) is 18.3 Å². The van der Waals surface area contributed by atoms with Crippen LogP contribution in [0.5, 0.6) is 0 Å². The Morgan fingerprint density at radius 1 is 1.40 bits per heavy atom. The van der Waals surface area contributed by atoms with Crippen LogP contribution in [0, 0.1) is 5.92 Å². The smallest absolute Gasteiger partial charge is 0.253 e. The molecule has 0 aliphatic rings. The molecule has 0 fully saturated rings. The predicted molar refractivity (Wildman–Crippen MR) is 85.1 cm³/mol. The van der Waals surface area contributed by atoms with E-state index in [1.807, 2.05) is 14.1 Å². The lowest BCUT2D eigenvalue weighted by Gasteiger charge is -2.24. The molecule has 1 rings (SSSR count). The van der Waals surface area contributed by atoms with Crippen LogP contribution in [0.2, 0.25) is 5.02 Å². The number of nitrogens with two attached hydrogens (primary N) is 1.